The Morgan fingerprint density at radius 1 is 0.893 bits per heavy atom. The van der Waals surface area contributed by atoms with Crippen LogP contribution in [-0.4, -0.2) is 56.1 Å². The second-order valence-electron chi connectivity index (χ2n) is 8.44. The zero-order valence-electron chi connectivity index (χ0n) is 17.4. The summed E-state index contributed by atoms with van der Waals surface area (Å²) in [5.74, 6) is 0.170. The molecule has 2 aromatic carbocycles. The van der Waals surface area contributed by atoms with Crippen molar-refractivity contribution in [2.75, 3.05) is 40.8 Å². The summed E-state index contributed by atoms with van der Waals surface area (Å²) in [6.45, 7) is 3.45. The Bertz CT molecular complexity index is 700. The lowest BCUT2D eigenvalue weighted by atomic mass is 9.70. The molecule has 0 N–H and O–H groups in total. The number of carbonyl (C=O) groups excluding carboxylic acids is 1. The molecule has 1 heterocycles. The second kappa shape index (κ2) is 9.71. The van der Waals surface area contributed by atoms with E-state index in [2.05, 4.69) is 31.3 Å². The van der Waals surface area contributed by atoms with Crippen molar-refractivity contribution in [3.8, 4) is 0 Å². The molecule has 28 heavy (non-hydrogen) atoms. The van der Waals surface area contributed by atoms with Crippen LogP contribution >= 0.6 is 0 Å². The first-order chi connectivity index (χ1) is 13.0. The molecule has 0 saturated carbocycles. The maximum absolute atomic E-state index is 13.7. The molecular weight excluding hydrogens is 412 g/mol. The molecule has 0 spiro atoms. The topological polar surface area (TPSA) is 20.3 Å². The van der Waals surface area contributed by atoms with Gasteiger partial charge in [-0.25, -0.2) is 0 Å². The Balaban J connectivity index is 0.00000280. The molecule has 0 aliphatic carbocycles. The zero-order chi connectivity index (χ0) is 19.3. The standard InChI is InChI=1S/C24H33N2O.BrH/c1-25(2)23(27)24(21-13-7-4-8-14-21,22-15-9-5-10-16-22)17-20-26(3)18-11-6-12-19-26;/h4-5,7-10,13-16H,6,11-12,17-20H2,1-3H3;1H/q+1;/p-1. The third-order valence-corrected chi connectivity index (χ3v) is 6.23. The molecule has 1 aliphatic rings. The van der Waals surface area contributed by atoms with E-state index < -0.39 is 5.41 Å². The fourth-order valence-corrected chi connectivity index (χ4v) is 4.57. The largest absolute Gasteiger partial charge is 1.00 e. The Morgan fingerprint density at radius 3 is 1.79 bits per heavy atom. The quantitative estimate of drug-likeness (QED) is 0.610. The lowest BCUT2D eigenvalue weighted by Gasteiger charge is -2.42. The number of quaternary nitrogens is 1. The lowest BCUT2D eigenvalue weighted by molar-refractivity contribution is -0.914. The summed E-state index contributed by atoms with van der Waals surface area (Å²) in [5, 5.41) is 0. The first-order valence-corrected chi connectivity index (χ1v) is 10.1. The molecule has 2 aromatic rings. The molecule has 1 saturated heterocycles. The number of likely N-dealkylation sites (N-methyl/N-ethyl adjacent to an activating group) is 1. The van der Waals surface area contributed by atoms with Crippen molar-refractivity contribution >= 4 is 5.91 Å². The number of nitrogens with zero attached hydrogens (tertiary/aromatic N) is 2. The van der Waals surface area contributed by atoms with Gasteiger partial charge in [-0.15, -0.1) is 0 Å². The summed E-state index contributed by atoms with van der Waals surface area (Å²) >= 11 is 0. The second-order valence-corrected chi connectivity index (χ2v) is 8.44. The summed E-state index contributed by atoms with van der Waals surface area (Å²) in [7, 11) is 6.11. The van der Waals surface area contributed by atoms with E-state index in [1.807, 2.05) is 50.5 Å². The van der Waals surface area contributed by atoms with Crippen LogP contribution in [0.1, 0.15) is 36.8 Å². The average molecular weight is 445 g/mol. The van der Waals surface area contributed by atoms with Gasteiger partial charge in [0, 0.05) is 20.5 Å². The molecule has 0 aromatic heterocycles. The van der Waals surface area contributed by atoms with E-state index in [4.69, 9.17) is 0 Å². The number of benzene rings is 2. The van der Waals surface area contributed by atoms with Gasteiger partial charge in [0.15, 0.2) is 0 Å². The SMILES string of the molecule is CN(C)C(=O)C(CC[N+]1(C)CCCCC1)(c1ccccc1)c1ccccc1.[Br-]. The molecule has 3 nitrogen and oxygen atoms in total. The van der Waals surface area contributed by atoms with Crippen molar-refractivity contribution < 1.29 is 26.3 Å². The molecule has 152 valence electrons. The number of piperidine rings is 1. The molecule has 0 bridgehead atoms. The average Bonchev–Trinajstić information content (AvgIpc) is 2.70. The van der Waals surface area contributed by atoms with Gasteiger partial charge in [0.05, 0.1) is 26.7 Å². The van der Waals surface area contributed by atoms with E-state index in [1.165, 1.54) is 32.4 Å². The number of hydrogen-bond acceptors (Lipinski definition) is 1. The lowest BCUT2D eigenvalue weighted by Crippen LogP contribution is -3.00. The predicted octanol–water partition coefficient (Wildman–Crippen LogP) is 1.09. The van der Waals surface area contributed by atoms with E-state index in [0.717, 1.165) is 28.6 Å². The fourth-order valence-electron chi connectivity index (χ4n) is 4.57. The Morgan fingerprint density at radius 2 is 1.36 bits per heavy atom. The summed E-state index contributed by atoms with van der Waals surface area (Å²) in [4.78, 5) is 15.4. The minimum absolute atomic E-state index is 0. The van der Waals surface area contributed by atoms with E-state index in [1.54, 1.807) is 4.90 Å². The van der Waals surface area contributed by atoms with Gasteiger partial charge < -0.3 is 26.4 Å². The maximum atomic E-state index is 13.7. The van der Waals surface area contributed by atoms with Crippen molar-refractivity contribution in [1.82, 2.24) is 4.90 Å². The normalized spacial score (nSPS) is 16.1. The van der Waals surface area contributed by atoms with E-state index in [9.17, 15) is 4.79 Å². The van der Waals surface area contributed by atoms with Gasteiger partial charge in [0.1, 0.15) is 5.41 Å². The third-order valence-electron chi connectivity index (χ3n) is 6.23. The van der Waals surface area contributed by atoms with Crippen molar-refractivity contribution in [1.29, 1.82) is 0 Å². The number of carbonyl (C=O) groups is 1. The first kappa shape index (κ1) is 22.6. The number of amides is 1. The van der Waals surface area contributed by atoms with Gasteiger partial charge in [-0.2, -0.15) is 0 Å². The van der Waals surface area contributed by atoms with Crippen LogP contribution in [0.2, 0.25) is 0 Å². The van der Waals surface area contributed by atoms with Gasteiger partial charge >= 0.3 is 0 Å². The summed E-state index contributed by atoms with van der Waals surface area (Å²) in [6, 6.07) is 20.7. The molecule has 0 atom stereocenters. The number of hydrogen-bond donors (Lipinski definition) is 0. The molecule has 1 aliphatic heterocycles. The fraction of sp³-hybridized carbons (Fsp3) is 0.458. The molecule has 1 fully saturated rings. The van der Waals surface area contributed by atoms with Gasteiger partial charge in [-0.1, -0.05) is 60.7 Å². The third kappa shape index (κ3) is 4.66. The molecular formula is C24H33BrN2O. The van der Waals surface area contributed by atoms with Crippen molar-refractivity contribution in [3.63, 3.8) is 0 Å². The highest BCUT2D eigenvalue weighted by Crippen LogP contribution is 2.38. The van der Waals surface area contributed by atoms with Crippen molar-refractivity contribution in [2.45, 2.75) is 31.1 Å². The van der Waals surface area contributed by atoms with E-state index in [0.29, 0.717) is 0 Å². The van der Waals surface area contributed by atoms with Gasteiger partial charge in [-0.05, 0) is 30.4 Å². The highest BCUT2D eigenvalue weighted by atomic mass is 79.9. The maximum Gasteiger partial charge on any atom is 0.237 e. The van der Waals surface area contributed by atoms with Crippen LogP contribution in [0, 0.1) is 0 Å². The van der Waals surface area contributed by atoms with E-state index in [-0.39, 0.29) is 22.9 Å². The summed E-state index contributed by atoms with van der Waals surface area (Å²) in [6.07, 6.45) is 4.76. The zero-order valence-corrected chi connectivity index (χ0v) is 19.0. The Hall–Kier alpha value is -1.65. The van der Waals surface area contributed by atoms with Crippen molar-refractivity contribution in [3.05, 3.63) is 71.8 Å². The first-order valence-electron chi connectivity index (χ1n) is 10.1. The van der Waals surface area contributed by atoms with Crippen LogP contribution in [0.25, 0.3) is 0 Å². The Labute approximate surface area is 180 Å². The number of halogens is 1. The highest BCUT2D eigenvalue weighted by molar-refractivity contribution is 5.91. The van der Waals surface area contributed by atoms with Crippen molar-refractivity contribution in [2.24, 2.45) is 0 Å². The molecule has 0 radical (unpaired) electrons. The number of rotatable bonds is 6. The summed E-state index contributed by atoms with van der Waals surface area (Å²) < 4.78 is 1.07. The van der Waals surface area contributed by atoms with Crippen LogP contribution < -0.4 is 17.0 Å². The van der Waals surface area contributed by atoms with Crippen LogP contribution in [-0.2, 0) is 10.2 Å². The molecule has 1 amide bonds. The monoisotopic (exact) mass is 444 g/mol. The number of likely N-dealkylation sites (tertiary alicyclic amines) is 1. The van der Waals surface area contributed by atoms with Gasteiger partial charge in [-0.3, -0.25) is 4.79 Å². The smallest absolute Gasteiger partial charge is 0.237 e. The van der Waals surface area contributed by atoms with Crippen LogP contribution in [0.4, 0.5) is 0 Å². The van der Waals surface area contributed by atoms with Crippen LogP contribution in [0.5, 0.6) is 0 Å². The minimum Gasteiger partial charge on any atom is -1.00 e. The van der Waals surface area contributed by atoms with Crippen LogP contribution in [0.3, 0.4) is 0 Å². The van der Waals surface area contributed by atoms with Gasteiger partial charge in [0.2, 0.25) is 5.91 Å². The molecule has 0 unspecified atom stereocenters. The predicted molar refractivity (Wildman–Crippen MR) is 112 cm³/mol. The molecule has 4 heteroatoms. The minimum atomic E-state index is -0.634. The highest BCUT2D eigenvalue weighted by Gasteiger charge is 2.44. The van der Waals surface area contributed by atoms with Crippen LogP contribution in [0.15, 0.2) is 60.7 Å². The Kier molecular flexibility index (Phi) is 7.85. The molecule has 3 rings (SSSR count). The van der Waals surface area contributed by atoms with Gasteiger partial charge in [0.25, 0.3) is 0 Å². The summed E-state index contributed by atoms with van der Waals surface area (Å²) in [5.41, 5.74) is 1.56. The van der Waals surface area contributed by atoms with E-state index >= 15 is 0 Å².